The number of nitrogens with two attached hydrogens (primary N) is 1. The third kappa shape index (κ3) is 2.42. The van der Waals surface area contributed by atoms with Crippen LogP contribution in [-0.4, -0.2) is 17.6 Å². The highest BCUT2D eigenvalue weighted by atomic mass is 16.5. The minimum Gasteiger partial charge on any atom is -0.462 e. The number of fused-ring (bicyclic) bond motifs is 2. The summed E-state index contributed by atoms with van der Waals surface area (Å²) in [5.41, 5.74) is 6.54. The van der Waals surface area contributed by atoms with E-state index >= 15 is 0 Å². The Morgan fingerprint density at radius 1 is 1.14 bits per heavy atom. The summed E-state index contributed by atoms with van der Waals surface area (Å²) in [4.78, 5) is 12.4. The molecule has 3 nitrogen and oxygen atoms in total. The summed E-state index contributed by atoms with van der Waals surface area (Å²) in [6, 6.07) is 0. The minimum absolute atomic E-state index is 0.0611. The highest BCUT2D eigenvalue weighted by Crippen LogP contribution is 2.66. The number of ether oxygens (including phenoxy) is 1. The molecule has 2 N–H and O–H groups in total. The molecule has 0 aliphatic heterocycles. The van der Waals surface area contributed by atoms with Crippen molar-refractivity contribution in [1.82, 2.24) is 0 Å². The van der Waals surface area contributed by atoms with Crippen molar-refractivity contribution in [2.24, 2.45) is 22.5 Å². The number of esters is 1. The second-order valence-corrected chi connectivity index (χ2v) is 8.69. The monoisotopic (exact) mass is 293 g/mol. The van der Waals surface area contributed by atoms with Crippen LogP contribution in [0.1, 0.15) is 78.6 Å². The van der Waals surface area contributed by atoms with E-state index in [9.17, 15) is 4.79 Å². The molecule has 120 valence electrons. The van der Waals surface area contributed by atoms with E-state index in [1.807, 2.05) is 0 Å². The summed E-state index contributed by atoms with van der Waals surface area (Å²) in [6.07, 6.45) is 9.54. The van der Waals surface area contributed by atoms with Crippen molar-refractivity contribution >= 4 is 5.97 Å². The molecule has 0 heterocycles. The first-order chi connectivity index (χ1) is 9.77. The van der Waals surface area contributed by atoms with Crippen molar-refractivity contribution in [2.45, 2.75) is 90.2 Å². The lowest BCUT2D eigenvalue weighted by atomic mass is 9.70. The van der Waals surface area contributed by atoms with E-state index in [1.165, 1.54) is 19.3 Å². The van der Waals surface area contributed by atoms with Crippen molar-refractivity contribution in [3.63, 3.8) is 0 Å². The molecule has 0 amide bonds. The predicted octanol–water partition coefficient (Wildman–Crippen LogP) is 3.80. The summed E-state index contributed by atoms with van der Waals surface area (Å²) in [6.45, 7) is 7.02. The minimum atomic E-state index is -0.302. The second kappa shape index (κ2) is 4.97. The summed E-state index contributed by atoms with van der Waals surface area (Å²) >= 11 is 0. The Bertz CT molecular complexity index is 425. The van der Waals surface area contributed by atoms with E-state index in [0.29, 0.717) is 17.8 Å². The van der Waals surface area contributed by atoms with Gasteiger partial charge in [-0.1, -0.05) is 40.0 Å². The lowest BCUT2D eigenvalue weighted by Crippen LogP contribution is -2.45. The van der Waals surface area contributed by atoms with Crippen molar-refractivity contribution in [1.29, 1.82) is 0 Å². The molecule has 21 heavy (non-hydrogen) atoms. The fourth-order valence-electron chi connectivity index (χ4n) is 5.23. The molecule has 3 saturated carbocycles. The molecule has 0 aromatic carbocycles. The van der Waals surface area contributed by atoms with Gasteiger partial charge in [0.15, 0.2) is 0 Å². The largest absolute Gasteiger partial charge is 0.462 e. The normalized spacial score (nSPS) is 40.2. The maximum atomic E-state index is 12.4. The summed E-state index contributed by atoms with van der Waals surface area (Å²) in [5, 5.41) is 0. The molecular formula is C18H31NO2. The highest BCUT2D eigenvalue weighted by Gasteiger charge is 2.62. The van der Waals surface area contributed by atoms with E-state index in [2.05, 4.69) is 20.8 Å². The molecule has 3 rings (SSSR count). The van der Waals surface area contributed by atoms with Crippen LogP contribution in [0.2, 0.25) is 0 Å². The van der Waals surface area contributed by atoms with Gasteiger partial charge in [-0.2, -0.15) is 0 Å². The summed E-state index contributed by atoms with van der Waals surface area (Å²) in [7, 11) is 0. The lowest BCUT2D eigenvalue weighted by molar-refractivity contribution is -0.158. The van der Waals surface area contributed by atoms with Crippen LogP contribution in [0.3, 0.4) is 0 Å². The van der Waals surface area contributed by atoms with Crippen LogP contribution < -0.4 is 5.73 Å². The average Bonchev–Trinajstić information content (AvgIpc) is 2.72. The first-order valence-corrected chi connectivity index (χ1v) is 8.75. The second-order valence-electron chi connectivity index (χ2n) is 8.69. The van der Waals surface area contributed by atoms with Gasteiger partial charge in [-0.05, 0) is 43.4 Å². The Hall–Kier alpha value is -0.570. The first kappa shape index (κ1) is 15.3. The van der Waals surface area contributed by atoms with Gasteiger partial charge in [0.25, 0.3) is 0 Å². The Balaban J connectivity index is 1.61. The van der Waals surface area contributed by atoms with E-state index in [1.54, 1.807) is 0 Å². The molecule has 3 aliphatic rings. The van der Waals surface area contributed by atoms with Gasteiger partial charge in [-0.25, -0.2) is 0 Å². The molecule has 2 bridgehead atoms. The van der Waals surface area contributed by atoms with Crippen LogP contribution in [0.15, 0.2) is 0 Å². The van der Waals surface area contributed by atoms with Gasteiger partial charge in [0.1, 0.15) is 6.10 Å². The van der Waals surface area contributed by atoms with Crippen LogP contribution >= 0.6 is 0 Å². The molecule has 3 atom stereocenters. The molecule has 3 fully saturated rings. The number of rotatable bonds is 3. The van der Waals surface area contributed by atoms with Gasteiger partial charge >= 0.3 is 5.97 Å². The number of carbonyl (C=O) groups excluding carboxylic acids is 1. The zero-order valence-electron chi connectivity index (χ0n) is 13.9. The van der Waals surface area contributed by atoms with Crippen LogP contribution in [-0.2, 0) is 9.53 Å². The predicted molar refractivity (Wildman–Crippen MR) is 83.7 cm³/mol. The Labute approximate surface area is 129 Å². The number of hydrogen-bond acceptors (Lipinski definition) is 3. The lowest BCUT2D eigenvalue weighted by Gasteiger charge is -2.39. The van der Waals surface area contributed by atoms with Crippen LogP contribution in [0, 0.1) is 16.7 Å². The maximum Gasteiger partial charge on any atom is 0.307 e. The van der Waals surface area contributed by atoms with E-state index < -0.39 is 0 Å². The first-order valence-electron chi connectivity index (χ1n) is 8.75. The topological polar surface area (TPSA) is 52.3 Å². The average molecular weight is 293 g/mol. The molecule has 3 heteroatoms. The van der Waals surface area contributed by atoms with Gasteiger partial charge in [0.2, 0.25) is 0 Å². The zero-order chi connectivity index (χ0) is 15.3. The van der Waals surface area contributed by atoms with Gasteiger partial charge in [-0.3, -0.25) is 4.79 Å². The Morgan fingerprint density at radius 2 is 1.81 bits per heavy atom. The van der Waals surface area contributed by atoms with Crippen molar-refractivity contribution in [3.8, 4) is 0 Å². The van der Waals surface area contributed by atoms with Crippen molar-refractivity contribution in [2.75, 3.05) is 0 Å². The smallest absolute Gasteiger partial charge is 0.307 e. The van der Waals surface area contributed by atoms with E-state index in [0.717, 1.165) is 32.1 Å². The third-order valence-electron chi connectivity index (χ3n) is 7.33. The van der Waals surface area contributed by atoms with Crippen LogP contribution in [0.4, 0.5) is 0 Å². The number of carbonyl (C=O) groups is 1. The van der Waals surface area contributed by atoms with E-state index in [4.69, 9.17) is 10.5 Å². The summed E-state index contributed by atoms with van der Waals surface area (Å²) in [5.74, 6) is 0.649. The highest BCUT2D eigenvalue weighted by molar-refractivity contribution is 5.71. The summed E-state index contributed by atoms with van der Waals surface area (Å²) < 4.78 is 5.93. The molecular weight excluding hydrogens is 262 g/mol. The molecule has 0 saturated heterocycles. The molecule has 0 aromatic heterocycles. The van der Waals surface area contributed by atoms with Gasteiger partial charge in [-0.15, -0.1) is 0 Å². The van der Waals surface area contributed by atoms with Gasteiger partial charge in [0.05, 0.1) is 6.42 Å². The van der Waals surface area contributed by atoms with Crippen LogP contribution in [0.25, 0.3) is 0 Å². The quantitative estimate of drug-likeness (QED) is 0.805. The van der Waals surface area contributed by atoms with E-state index in [-0.39, 0.29) is 23.0 Å². The van der Waals surface area contributed by atoms with Crippen molar-refractivity contribution in [3.05, 3.63) is 0 Å². The fraction of sp³-hybridized carbons (Fsp3) is 0.944. The van der Waals surface area contributed by atoms with Crippen molar-refractivity contribution < 1.29 is 9.53 Å². The zero-order valence-corrected chi connectivity index (χ0v) is 13.9. The maximum absolute atomic E-state index is 12.4. The molecule has 3 unspecified atom stereocenters. The fourth-order valence-corrected chi connectivity index (χ4v) is 5.23. The Morgan fingerprint density at radius 3 is 2.33 bits per heavy atom. The molecule has 0 aromatic rings. The Kier molecular flexibility index (Phi) is 3.63. The van der Waals surface area contributed by atoms with Gasteiger partial charge in [0, 0.05) is 11.0 Å². The SMILES string of the molecule is CC1(C)C2CCC1(C)C(OC(=O)CC1(N)CCCCC1)C2. The number of hydrogen-bond donors (Lipinski definition) is 1. The molecule has 3 aliphatic carbocycles. The third-order valence-corrected chi connectivity index (χ3v) is 7.33. The molecule has 0 radical (unpaired) electrons. The molecule has 0 spiro atoms. The standard InChI is InChI=1S/C18H31NO2/c1-16(2)13-7-10-17(16,3)14(11-13)21-15(20)12-18(19)8-5-4-6-9-18/h13-14H,4-12,19H2,1-3H3. The van der Waals surface area contributed by atoms with Gasteiger partial charge < -0.3 is 10.5 Å². The van der Waals surface area contributed by atoms with Crippen LogP contribution in [0.5, 0.6) is 0 Å².